The molecule has 0 aliphatic rings. The van der Waals surface area contributed by atoms with Gasteiger partial charge in [0, 0.05) is 6.20 Å². The van der Waals surface area contributed by atoms with Crippen molar-refractivity contribution in [2.75, 3.05) is 7.11 Å². The molecule has 3 heterocycles. The highest BCUT2D eigenvalue weighted by Gasteiger charge is 2.20. The molecule has 7 nitrogen and oxygen atoms in total. The molecule has 0 amide bonds. The van der Waals surface area contributed by atoms with Crippen LogP contribution in [0.3, 0.4) is 0 Å². The molecule has 8 heteroatoms. The number of aromatic nitrogens is 6. The van der Waals surface area contributed by atoms with Gasteiger partial charge in [0.25, 0.3) is 0 Å². The van der Waals surface area contributed by atoms with Crippen LogP contribution in [-0.4, -0.2) is 36.8 Å². The summed E-state index contributed by atoms with van der Waals surface area (Å²) in [6.45, 7) is 2.02. The number of rotatable bonds is 6. The number of benzene rings is 2. The molecule has 0 saturated carbocycles. The van der Waals surface area contributed by atoms with Crippen molar-refractivity contribution in [1.29, 1.82) is 0 Å². The maximum atomic E-state index is 5.56. The Labute approximate surface area is 183 Å². The second-order valence-corrected chi connectivity index (χ2v) is 7.97. The average Bonchev–Trinajstić information content (AvgIpc) is 3.42. The van der Waals surface area contributed by atoms with Gasteiger partial charge in [-0.25, -0.2) is 9.97 Å². The van der Waals surface area contributed by atoms with Gasteiger partial charge in [0.15, 0.2) is 11.0 Å². The minimum atomic E-state index is 0.630. The molecule has 0 aliphatic heterocycles. The molecule has 3 aromatic heterocycles. The summed E-state index contributed by atoms with van der Waals surface area (Å²) >= 11 is 1.56. The van der Waals surface area contributed by atoms with Gasteiger partial charge in [-0.2, -0.15) is 0 Å². The first-order chi connectivity index (χ1) is 15.2. The number of para-hydroxylation sites is 3. The van der Waals surface area contributed by atoms with Gasteiger partial charge >= 0.3 is 0 Å². The third kappa shape index (κ3) is 3.77. The van der Waals surface area contributed by atoms with Gasteiger partial charge in [-0.05, 0) is 42.8 Å². The van der Waals surface area contributed by atoms with Gasteiger partial charge in [-0.1, -0.05) is 42.1 Å². The predicted molar refractivity (Wildman–Crippen MR) is 122 cm³/mol. The maximum absolute atomic E-state index is 5.56. The molecule has 5 aromatic rings. The first-order valence-electron chi connectivity index (χ1n) is 9.81. The van der Waals surface area contributed by atoms with Crippen LogP contribution in [0.15, 0.2) is 72.0 Å². The fourth-order valence-electron chi connectivity index (χ4n) is 3.37. The SMILES string of the molecule is COc1ccccc1-c1nnc(SCc2nc3ccccc3[nH]2)n1-c1ccc(C)cn1. The fraction of sp³-hybridized carbons (Fsp3) is 0.130. The fourth-order valence-corrected chi connectivity index (χ4v) is 4.18. The van der Waals surface area contributed by atoms with E-state index in [9.17, 15) is 0 Å². The van der Waals surface area contributed by atoms with Crippen LogP contribution < -0.4 is 4.74 Å². The third-order valence-electron chi connectivity index (χ3n) is 4.88. The Bertz CT molecular complexity index is 1310. The van der Waals surface area contributed by atoms with E-state index < -0.39 is 0 Å². The van der Waals surface area contributed by atoms with Crippen LogP contribution in [0.2, 0.25) is 0 Å². The molecule has 5 rings (SSSR count). The van der Waals surface area contributed by atoms with Crippen LogP contribution in [0, 0.1) is 6.92 Å². The van der Waals surface area contributed by atoms with E-state index in [-0.39, 0.29) is 0 Å². The summed E-state index contributed by atoms with van der Waals surface area (Å²) < 4.78 is 7.52. The zero-order valence-corrected chi connectivity index (χ0v) is 17.9. The van der Waals surface area contributed by atoms with E-state index in [0.717, 1.165) is 44.7 Å². The number of fused-ring (bicyclic) bond motifs is 1. The lowest BCUT2D eigenvalue weighted by molar-refractivity contribution is 0.416. The molecule has 154 valence electrons. The van der Waals surface area contributed by atoms with E-state index in [1.807, 2.05) is 78.4 Å². The molecule has 0 radical (unpaired) electrons. The van der Waals surface area contributed by atoms with Gasteiger partial charge in [-0.15, -0.1) is 10.2 Å². The van der Waals surface area contributed by atoms with Crippen molar-refractivity contribution in [2.45, 2.75) is 17.8 Å². The molecule has 1 N–H and O–H groups in total. The average molecular weight is 429 g/mol. The monoisotopic (exact) mass is 428 g/mol. The first-order valence-corrected chi connectivity index (χ1v) is 10.8. The van der Waals surface area contributed by atoms with Gasteiger partial charge in [0.2, 0.25) is 0 Å². The van der Waals surface area contributed by atoms with Crippen molar-refractivity contribution >= 4 is 22.8 Å². The molecule has 0 saturated heterocycles. The number of aryl methyl sites for hydroxylation is 1. The number of pyridine rings is 1. The van der Waals surface area contributed by atoms with Crippen molar-refractivity contribution in [3.63, 3.8) is 0 Å². The van der Waals surface area contributed by atoms with Crippen molar-refractivity contribution in [3.8, 4) is 23.0 Å². The van der Waals surface area contributed by atoms with Gasteiger partial charge in [0.1, 0.15) is 17.4 Å². The number of methoxy groups -OCH3 is 1. The summed E-state index contributed by atoms with van der Waals surface area (Å²) in [5.41, 5.74) is 3.92. The maximum Gasteiger partial charge on any atom is 0.197 e. The van der Waals surface area contributed by atoms with Crippen LogP contribution in [0.1, 0.15) is 11.4 Å². The number of hydrogen-bond donors (Lipinski definition) is 1. The molecule has 0 aliphatic carbocycles. The zero-order chi connectivity index (χ0) is 21.2. The highest BCUT2D eigenvalue weighted by atomic mass is 32.2. The van der Waals surface area contributed by atoms with Crippen molar-refractivity contribution in [2.24, 2.45) is 0 Å². The highest BCUT2D eigenvalue weighted by Crippen LogP contribution is 2.33. The second kappa shape index (κ2) is 8.23. The Hall–Kier alpha value is -3.65. The van der Waals surface area contributed by atoms with Crippen molar-refractivity contribution < 1.29 is 4.74 Å². The second-order valence-electron chi connectivity index (χ2n) is 7.02. The predicted octanol–water partition coefficient (Wildman–Crippen LogP) is 4.81. The smallest absolute Gasteiger partial charge is 0.197 e. The minimum absolute atomic E-state index is 0.630. The zero-order valence-electron chi connectivity index (χ0n) is 17.1. The quantitative estimate of drug-likeness (QED) is 0.391. The molecule has 2 aromatic carbocycles. The summed E-state index contributed by atoms with van der Waals surface area (Å²) in [6, 6.07) is 19.8. The Kier molecular flexibility index (Phi) is 5.13. The molecule has 0 atom stereocenters. The van der Waals surface area contributed by atoms with E-state index in [1.54, 1.807) is 18.9 Å². The summed E-state index contributed by atoms with van der Waals surface area (Å²) in [6.07, 6.45) is 1.84. The topological polar surface area (TPSA) is 81.5 Å². The summed E-state index contributed by atoms with van der Waals surface area (Å²) in [4.78, 5) is 12.6. The molecule has 0 fully saturated rings. The summed E-state index contributed by atoms with van der Waals surface area (Å²) in [5.74, 6) is 3.68. The number of nitrogens with zero attached hydrogens (tertiary/aromatic N) is 5. The number of H-pyrrole nitrogens is 1. The van der Waals surface area contributed by atoms with E-state index in [2.05, 4.69) is 25.1 Å². The Morgan fingerprint density at radius 2 is 1.84 bits per heavy atom. The molecular formula is C23H20N6OS. The van der Waals surface area contributed by atoms with E-state index in [4.69, 9.17) is 4.74 Å². The van der Waals surface area contributed by atoms with Crippen LogP contribution in [0.25, 0.3) is 28.2 Å². The first kappa shape index (κ1) is 19.3. The standard InChI is InChI=1S/C23H20N6OS/c1-15-11-12-21(24-13-15)29-22(16-7-3-6-10-19(16)30-2)27-28-23(29)31-14-20-25-17-8-4-5-9-18(17)26-20/h3-13H,14H2,1-2H3,(H,25,26). The lowest BCUT2D eigenvalue weighted by atomic mass is 10.2. The number of imidazole rings is 1. The lowest BCUT2D eigenvalue weighted by Gasteiger charge is -2.11. The molecule has 0 bridgehead atoms. The van der Waals surface area contributed by atoms with E-state index in [0.29, 0.717) is 11.6 Å². The van der Waals surface area contributed by atoms with Gasteiger partial charge in [-0.3, -0.25) is 4.57 Å². The van der Waals surface area contributed by atoms with Crippen LogP contribution >= 0.6 is 11.8 Å². The molecular weight excluding hydrogens is 408 g/mol. The molecule has 31 heavy (non-hydrogen) atoms. The highest BCUT2D eigenvalue weighted by molar-refractivity contribution is 7.98. The van der Waals surface area contributed by atoms with Crippen LogP contribution in [0.5, 0.6) is 5.75 Å². The summed E-state index contributed by atoms with van der Waals surface area (Å²) in [5, 5.41) is 9.70. The largest absolute Gasteiger partial charge is 0.496 e. The van der Waals surface area contributed by atoms with Crippen molar-refractivity contribution in [3.05, 3.63) is 78.2 Å². The number of hydrogen-bond acceptors (Lipinski definition) is 6. The molecule has 0 spiro atoms. The Morgan fingerprint density at radius 1 is 1.00 bits per heavy atom. The Morgan fingerprint density at radius 3 is 2.65 bits per heavy atom. The Balaban J connectivity index is 1.55. The third-order valence-corrected chi connectivity index (χ3v) is 5.82. The van der Waals surface area contributed by atoms with Gasteiger partial charge in [0.05, 0.1) is 29.5 Å². The van der Waals surface area contributed by atoms with Gasteiger partial charge < -0.3 is 9.72 Å². The van der Waals surface area contributed by atoms with E-state index >= 15 is 0 Å². The minimum Gasteiger partial charge on any atom is -0.496 e. The normalized spacial score (nSPS) is 11.2. The number of aromatic amines is 1. The lowest BCUT2D eigenvalue weighted by Crippen LogP contribution is -2.03. The number of thioether (sulfide) groups is 1. The number of ether oxygens (including phenoxy) is 1. The van der Waals surface area contributed by atoms with E-state index in [1.165, 1.54) is 0 Å². The molecule has 0 unspecified atom stereocenters. The van der Waals surface area contributed by atoms with Crippen LogP contribution in [-0.2, 0) is 5.75 Å². The van der Waals surface area contributed by atoms with Crippen molar-refractivity contribution in [1.82, 2.24) is 29.7 Å². The van der Waals surface area contributed by atoms with Crippen LogP contribution in [0.4, 0.5) is 0 Å². The summed E-state index contributed by atoms with van der Waals surface area (Å²) in [7, 11) is 1.65. The number of nitrogens with one attached hydrogen (secondary N) is 1.